The van der Waals surface area contributed by atoms with Crippen LogP contribution in [0.4, 0.5) is 4.79 Å². The molecule has 2 aromatic rings. The Hall–Kier alpha value is -2.08. The van der Waals surface area contributed by atoms with Crippen molar-refractivity contribution in [2.45, 2.75) is 12.2 Å². The van der Waals surface area contributed by atoms with Crippen LogP contribution in [0, 0.1) is 0 Å². The molecular weight excluding hydrogens is 328 g/mol. The molecule has 2 rings (SSSR count). The molecule has 0 spiro atoms. The minimum absolute atomic E-state index is 0.0680. The summed E-state index contributed by atoms with van der Waals surface area (Å²) in [4.78, 5) is 11.9. The quantitative estimate of drug-likeness (QED) is 0.720. The van der Waals surface area contributed by atoms with Crippen molar-refractivity contribution in [2.24, 2.45) is 0 Å². The van der Waals surface area contributed by atoms with E-state index in [4.69, 9.17) is 16.3 Å². The zero-order valence-corrected chi connectivity index (χ0v) is 14.2. The Morgan fingerprint density at radius 1 is 1.08 bits per heavy atom. The number of methoxy groups -OCH3 is 1. The number of rotatable bonds is 7. The third-order valence-electron chi connectivity index (χ3n) is 3.62. The van der Waals surface area contributed by atoms with Gasteiger partial charge in [-0.15, -0.1) is 0 Å². The zero-order chi connectivity index (χ0) is 17.4. The number of halogens is 1. The number of amides is 2. The minimum Gasteiger partial charge on any atom is -0.387 e. The molecule has 2 unspecified atom stereocenters. The summed E-state index contributed by atoms with van der Waals surface area (Å²) in [6, 6.07) is 16.3. The van der Waals surface area contributed by atoms with Gasteiger partial charge >= 0.3 is 6.03 Å². The van der Waals surface area contributed by atoms with Crippen molar-refractivity contribution < 1.29 is 14.6 Å². The Morgan fingerprint density at radius 3 is 2.38 bits per heavy atom. The molecule has 0 aliphatic rings. The van der Waals surface area contributed by atoms with Crippen molar-refractivity contribution in [3.63, 3.8) is 0 Å². The molecule has 2 aromatic carbocycles. The van der Waals surface area contributed by atoms with E-state index >= 15 is 0 Å². The number of hydrogen-bond donors (Lipinski definition) is 3. The molecule has 0 bridgehead atoms. The minimum atomic E-state index is -0.864. The molecule has 0 fully saturated rings. The van der Waals surface area contributed by atoms with Crippen LogP contribution in [0.5, 0.6) is 0 Å². The van der Waals surface area contributed by atoms with Crippen molar-refractivity contribution in [3.05, 3.63) is 70.7 Å². The second-order valence-corrected chi connectivity index (χ2v) is 5.67. The number of nitrogens with one attached hydrogen (secondary N) is 2. The molecule has 0 aliphatic heterocycles. The van der Waals surface area contributed by atoms with Crippen LogP contribution in [0.2, 0.25) is 5.02 Å². The zero-order valence-electron chi connectivity index (χ0n) is 13.4. The van der Waals surface area contributed by atoms with E-state index in [1.54, 1.807) is 31.4 Å². The van der Waals surface area contributed by atoms with Gasteiger partial charge in [0.1, 0.15) is 0 Å². The molecule has 5 nitrogen and oxygen atoms in total. The highest BCUT2D eigenvalue weighted by molar-refractivity contribution is 6.31. The Balaban J connectivity index is 1.80. The van der Waals surface area contributed by atoms with Crippen LogP contribution < -0.4 is 10.6 Å². The van der Waals surface area contributed by atoms with E-state index in [-0.39, 0.29) is 18.7 Å². The molecule has 0 saturated carbocycles. The second kappa shape index (κ2) is 9.27. The number of urea groups is 1. The van der Waals surface area contributed by atoms with E-state index in [0.29, 0.717) is 17.1 Å². The predicted molar refractivity (Wildman–Crippen MR) is 94.0 cm³/mol. The standard InChI is InChI=1S/C18H21ClN2O3/c1-24-17(13-7-3-2-4-8-13)12-21-18(23)20-11-16(22)14-9-5-6-10-15(14)19/h2-10,16-17,22H,11-12H2,1H3,(H2,20,21,23). The molecule has 0 aliphatic carbocycles. The molecular formula is C18H21ClN2O3. The van der Waals surface area contributed by atoms with Gasteiger partial charge in [0.2, 0.25) is 0 Å². The summed E-state index contributed by atoms with van der Waals surface area (Å²) in [6.07, 6.45) is -1.10. The van der Waals surface area contributed by atoms with Gasteiger partial charge in [0.05, 0.1) is 12.2 Å². The van der Waals surface area contributed by atoms with Gasteiger partial charge in [-0.05, 0) is 11.6 Å². The normalized spacial score (nSPS) is 13.1. The highest BCUT2D eigenvalue weighted by Crippen LogP contribution is 2.21. The first-order valence-corrected chi connectivity index (χ1v) is 8.01. The van der Waals surface area contributed by atoms with Gasteiger partial charge in [-0.3, -0.25) is 0 Å². The average Bonchev–Trinajstić information content (AvgIpc) is 2.61. The molecule has 128 valence electrons. The summed E-state index contributed by atoms with van der Waals surface area (Å²) < 4.78 is 5.39. The maximum atomic E-state index is 11.9. The number of ether oxygens (including phenoxy) is 1. The van der Waals surface area contributed by atoms with Crippen LogP contribution in [0.3, 0.4) is 0 Å². The molecule has 2 atom stereocenters. The average molecular weight is 349 g/mol. The van der Waals surface area contributed by atoms with Crippen molar-refractivity contribution in [1.29, 1.82) is 0 Å². The number of aliphatic hydroxyl groups is 1. The Labute approximate surface area is 146 Å². The smallest absolute Gasteiger partial charge is 0.314 e. The highest BCUT2D eigenvalue weighted by Gasteiger charge is 2.14. The maximum absolute atomic E-state index is 11.9. The molecule has 0 heterocycles. The van der Waals surface area contributed by atoms with E-state index < -0.39 is 6.10 Å². The van der Waals surface area contributed by atoms with Crippen molar-refractivity contribution in [3.8, 4) is 0 Å². The number of aliphatic hydroxyl groups excluding tert-OH is 1. The van der Waals surface area contributed by atoms with E-state index in [1.165, 1.54) is 0 Å². The van der Waals surface area contributed by atoms with Crippen LogP contribution in [0.15, 0.2) is 54.6 Å². The maximum Gasteiger partial charge on any atom is 0.314 e. The lowest BCUT2D eigenvalue weighted by Gasteiger charge is -2.18. The van der Waals surface area contributed by atoms with Crippen LogP contribution in [0.25, 0.3) is 0 Å². The molecule has 0 saturated heterocycles. The lowest BCUT2D eigenvalue weighted by atomic mass is 10.1. The largest absolute Gasteiger partial charge is 0.387 e. The lowest BCUT2D eigenvalue weighted by molar-refractivity contribution is 0.103. The fourth-order valence-electron chi connectivity index (χ4n) is 2.30. The Bertz CT molecular complexity index is 652. The lowest BCUT2D eigenvalue weighted by Crippen LogP contribution is -2.39. The first kappa shape index (κ1) is 18.3. The Kier molecular flexibility index (Phi) is 7.06. The molecule has 2 amide bonds. The molecule has 24 heavy (non-hydrogen) atoms. The van der Waals surface area contributed by atoms with Crippen LogP contribution in [-0.4, -0.2) is 31.3 Å². The number of carbonyl (C=O) groups excluding carboxylic acids is 1. The fourth-order valence-corrected chi connectivity index (χ4v) is 2.56. The topological polar surface area (TPSA) is 70.6 Å². The highest BCUT2D eigenvalue weighted by atomic mass is 35.5. The van der Waals surface area contributed by atoms with Gasteiger partial charge < -0.3 is 20.5 Å². The number of hydrogen-bond acceptors (Lipinski definition) is 3. The fraction of sp³-hybridized carbons (Fsp3) is 0.278. The van der Waals surface area contributed by atoms with Crippen molar-refractivity contribution in [2.75, 3.05) is 20.2 Å². The van der Waals surface area contributed by atoms with Gasteiger partial charge in [0.15, 0.2) is 0 Å². The van der Waals surface area contributed by atoms with Gasteiger partial charge in [0.25, 0.3) is 0 Å². The van der Waals surface area contributed by atoms with Crippen LogP contribution in [0.1, 0.15) is 23.3 Å². The molecule has 3 N–H and O–H groups in total. The van der Waals surface area contributed by atoms with Gasteiger partial charge in [-0.25, -0.2) is 4.79 Å². The molecule has 0 aromatic heterocycles. The molecule has 6 heteroatoms. The van der Waals surface area contributed by atoms with Gasteiger partial charge in [-0.1, -0.05) is 60.1 Å². The van der Waals surface area contributed by atoms with Crippen molar-refractivity contribution in [1.82, 2.24) is 10.6 Å². The number of carbonyl (C=O) groups is 1. The van der Waals surface area contributed by atoms with Gasteiger partial charge in [0, 0.05) is 30.8 Å². The monoisotopic (exact) mass is 348 g/mol. The third-order valence-corrected chi connectivity index (χ3v) is 3.97. The summed E-state index contributed by atoms with van der Waals surface area (Å²) in [5.74, 6) is 0. The van der Waals surface area contributed by atoms with Crippen LogP contribution in [-0.2, 0) is 4.74 Å². The summed E-state index contributed by atoms with van der Waals surface area (Å²) in [5, 5.41) is 15.9. The van der Waals surface area contributed by atoms with E-state index in [9.17, 15) is 9.90 Å². The summed E-state index contributed by atoms with van der Waals surface area (Å²) in [7, 11) is 1.60. The SMILES string of the molecule is COC(CNC(=O)NCC(O)c1ccccc1Cl)c1ccccc1. The first-order chi connectivity index (χ1) is 11.6. The summed E-state index contributed by atoms with van der Waals surface area (Å²) >= 11 is 6.02. The van der Waals surface area contributed by atoms with E-state index in [0.717, 1.165) is 5.56 Å². The van der Waals surface area contributed by atoms with Gasteiger partial charge in [-0.2, -0.15) is 0 Å². The predicted octanol–water partition coefficient (Wildman–Crippen LogP) is 3.06. The Morgan fingerprint density at radius 2 is 1.71 bits per heavy atom. The van der Waals surface area contributed by atoms with Crippen LogP contribution >= 0.6 is 11.6 Å². The van der Waals surface area contributed by atoms with E-state index in [1.807, 2.05) is 30.3 Å². The number of benzene rings is 2. The second-order valence-electron chi connectivity index (χ2n) is 5.26. The third kappa shape index (κ3) is 5.23. The van der Waals surface area contributed by atoms with E-state index in [2.05, 4.69) is 10.6 Å². The summed E-state index contributed by atoms with van der Waals surface area (Å²) in [5.41, 5.74) is 1.56. The summed E-state index contributed by atoms with van der Waals surface area (Å²) in [6.45, 7) is 0.396. The first-order valence-electron chi connectivity index (χ1n) is 7.63. The molecule has 0 radical (unpaired) electrons. The van der Waals surface area contributed by atoms with Crippen molar-refractivity contribution >= 4 is 17.6 Å².